The van der Waals surface area contributed by atoms with Crippen molar-refractivity contribution in [3.05, 3.63) is 82.4 Å². The molecule has 3 heterocycles. The standard InChI is InChI=1S/C25H23BFNS2/c1-15(13-23-17(3)18-9-5-7-11-21(18)29-23)16(2)20-14-24-25(28(20)26(4)27)19-10-6-8-12-22(19)30-24/h5-14,17H,1-4H3/b16-15+,23-13+. The van der Waals surface area contributed by atoms with Gasteiger partial charge in [-0.05, 0) is 66.6 Å². The van der Waals surface area contributed by atoms with Crippen molar-refractivity contribution in [3.8, 4) is 0 Å². The van der Waals surface area contributed by atoms with Crippen molar-refractivity contribution in [2.45, 2.75) is 38.4 Å². The molecule has 1 nitrogen and oxygen atoms in total. The summed E-state index contributed by atoms with van der Waals surface area (Å²) >= 11 is 3.59. The van der Waals surface area contributed by atoms with E-state index in [-0.39, 0.29) is 0 Å². The Bertz CT molecular complexity index is 1340. The Hall–Kier alpha value is -2.24. The number of halogens is 1. The predicted octanol–water partition coefficient (Wildman–Crippen LogP) is 8.38. The molecule has 2 aromatic carbocycles. The molecule has 0 saturated carbocycles. The van der Waals surface area contributed by atoms with Gasteiger partial charge >= 0.3 is 7.12 Å². The Labute approximate surface area is 185 Å². The number of thiophene rings is 1. The number of fused-ring (bicyclic) bond motifs is 4. The van der Waals surface area contributed by atoms with Gasteiger partial charge in [-0.1, -0.05) is 55.1 Å². The minimum absolute atomic E-state index is 0.397. The molecular formula is C25H23BFNS2. The molecule has 4 aromatic rings. The molecule has 0 fully saturated rings. The van der Waals surface area contributed by atoms with Gasteiger partial charge in [-0.2, -0.15) is 0 Å². The van der Waals surface area contributed by atoms with Crippen LogP contribution in [0.1, 0.15) is 37.9 Å². The molecule has 0 saturated heterocycles. The van der Waals surface area contributed by atoms with Gasteiger partial charge in [0.2, 0.25) is 0 Å². The van der Waals surface area contributed by atoms with Gasteiger partial charge in [-0.3, -0.25) is 0 Å². The second-order valence-corrected chi connectivity index (χ2v) is 10.2. The van der Waals surface area contributed by atoms with Crippen LogP contribution in [0.2, 0.25) is 6.82 Å². The van der Waals surface area contributed by atoms with Crippen molar-refractivity contribution in [1.29, 1.82) is 0 Å². The van der Waals surface area contributed by atoms with E-state index in [2.05, 4.69) is 69.3 Å². The van der Waals surface area contributed by atoms with E-state index in [9.17, 15) is 4.32 Å². The highest BCUT2D eigenvalue weighted by Crippen LogP contribution is 2.48. The fraction of sp³-hybridized carbons (Fsp3) is 0.200. The van der Waals surface area contributed by atoms with E-state index in [1.54, 1.807) is 18.2 Å². The van der Waals surface area contributed by atoms with E-state index in [4.69, 9.17) is 0 Å². The van der Waals surface area contributed by atoms with Crippen molar-refractivity contribution in [2.75, 3.05) is 0 Å². The summed E-state index contributed by atoms with van der Waals surface area (Å²) < 4.78 is 19.1. The van der Waals surface area contributed by atoms with E-state index in [1.807, 2.05) is 28.4 Å². The lowest BCUT2D eigenvalue weighted by Gasteiger charge is -2.13. The first-order chi connectivity index (χ1) is 14.5. The topological polar surface area (TPSA) is 4.93 Å². The van der Waals surface area contributed by atoms with Gasteiger partial charge in [0.1, 0.15) is 0 Å². The van der Waals surface area contributed by atoms with Gasteiger partial charge in [0.05, 0.1) is 10.2 Å². The summed E-state index contributed by atoms with van der Waals surface area (Å²) in [7, 11) is -1.09. The van der Waals surface area contributed by atoms with Crippen LogP contribution in [0.5, 0.6) is 0 Å². The molecule has 0 aliphatic carbocycles. The van der Waals surface area contributed by atoms with E-state index in [0.717, 1.165) is 26.9 Å². The first kappa shape index (κ1) is 19.7. The molecule has 1 aliphatic heterocycles. The first-order valence-corrected chi connectivity index (χ1v) is 11.9. The van der Waals surface area contributed by atoms with Crippen LogP contribution in [0.3, 0.4) is 0 Å². The maximum Gasteiger partial charge on any atom is 0.462 e. The van der Waals surface area contributed by atoms with Crippen molar-refractivity contribution in [2.24, 2.45) is 0 Å². The smallest absolute Gasteiger partial charge is 0.355 e. The van der Waals surface area contributed by atoms with Crippen LogP contribution in [0.4, 0.5) is 4.32 Å². The quantitative estimate of drug-likeness (QED) is 0.295. The van der Waals surface area contributed by atoms with Crippen molar-refractivity contribution in [1.82, 2.24) is 4.48 Å². The Kier molecular flexibility index (Phi) is 4.91. The summed E-state index contributed by atoms with van der Waals surface area (Å²) in [5.41, 5.74) is 5.69. The summed E-state index contributed by atoms with van der Waals surface area (Å²) in [4.78, 5) is 2.70. The van der Waals surface area contributed by atoms with Crippen LogP contribution in [-0.4, -0.2) is 11.6 Å². The lowest BCUT2D eigenvalue weighted by molar-refractivity contribution is 0.803. The maximum atomic E-state index is 14.9. The Morgan fingerprint density at radius 1 is 1.07 bits per heavy atom. The zero-order valence-corrected chi connectivity index (χ0v) is 19.2. The number of aromatic nitrogens is 1. The average Bonchev–Trinajstić information content (AvgIpc) is 3.37. The van der Waals surface area contributed by atoms with Gasteiger partial charge in [0.15, 0.2) is 0 Å². The van der Waals surface area contributed by atoms with Crippen LogP contribution < -0.4 is 0 Å². The van der Waals surface area contributed by atoms with E-state index < -0.39 is 7.12 Å². The summed E-state index contributed by atoms with van der Waals surface area (Å²) in [6.07, 6.45) is 2.29. The largest absolute Gasteiger partial charge is 0.462 e. The monoisotopic (exact) mass is 431 g/mol. The molecule has 1 unspecified atom stereocenters. The zero-order valence-electron chi connectivity index (χ0n) is 17.6. The highest BCUT2D eigenvalue weighted by Gasteiger charge is 2.25. The van der Waals surface area contributed by atoms with E-state index in [0.29, 0.717) is 5.92 Å². The molecule has 1 atom stereocenters. The second-order valence-electron chi connectivity index (χ2n) is 8.00. The third-order valence-electron chi connectivity index (χ3n) is 6.09. The van der Waals surface area contributed by atoms with Crippen molar-refractivity contribution >= 4 is 56.1 Å². The van der Waals surface area contributed by atoms with Gasteiger partial charge in [-0.15, -0.1) is 11.3 Å². The molecule has 0 radical (unpaired) electrons. The van der Waals surface area contributed by atoms with Gasteiger partial charge in [0, 0.05) is 26.6 Å². The highest BCUT2D eigenvalue weighted by atomic mass is 32.2. The Morgan fingerprint density at radius 2 is 1.80 bits per heavy atom. The highest BCUT2D eigenvalue weighted by molar-refractivity contribution is 8.03. The van der Waals surface area contributed by atoms with Crippen LogP contribution >= 0.6 is 23.1 Å². The van der Waals surface area contributed by atoms with Gasteiger partial charge < -0.3 is 8.79 Å². The van der Waals surface area contributed by atoms with E-state index in [1.165, 1.54) is 25.6 Å². The molecule has 0 N–H and O–H groups in total. The Balaban J connectivity index is 1.63. The normalized spacial score (nSPS) is 18.3. The average molecular weight is 431 g/mol. The van der Waals surface area contributed by atoms with Gasteiger partial charge in [-0.25, -0.2) is 0 Å². The predicted molar refractivity (Wildman–Crippen MR) is 133 cm³/mol. The zero-order chi connectivity index (χ0) is 21.0. The fourth-order valence-corrected chi connectivity index (χ4v) is 6.78. The van der Waals surface area contributed by atoms with Crippen LogP contribution in [0, 0.1) is 0 Å². The third-order valence-corrected chi connectivity index (χ3v) is 8.50. The minimum Gasteiger partial charge on any atom is -0.355 e. The molecule has 5 rings (SSSR count). The molecular weight excluding hydrogens is 408 g/mol. The van der Waals surface area contributed by atoms with Crippen LogP contribution in [0.25, 0.3) is 25.9 Å². The number of rotatable bonds is 3. The Morgan fingerprint density at radius 3 is 2.57 bits per heavy atom. The van der Waals surface area contributed by atoms with Crippen molar-refractivity contribution in [3.63, 3.8) is 0 Å². The summed E-state index contributed by atoms with van der Waals surface area (Å²) in [6.45, 7) is 8.15. The molecule has 1 aliphatic rings. The number of hydrogen-bond acceptors (Lipinski definition) is 2. The SMILES string of the molecule is CB(F)n1c(/C(C)=C(C)/C=C2/Sc3ccccc3C2C)cc2sc3ccccc3c21. The van der Waals surface area contributed by atoms with Gasteiger partial charge in [0.25, 0.3) is 0 Å². The molecule has 30 heavy (non-hydrogen) atoms. The van der Waals surface area contributed by atoms with Crippen LogP contribution in [0.15, 0.2) is 76.0 Å². The molecule has 0 spiro atoms. The van der Waals surface area contributed by atoms with Crippen molar-refractivity contribution < 1.29 is 4.32 Å². The number of nitrogens with zero attached hydrogens (tertiary/aromatic N) is 1. The molecule has 0 amide bonds. The molecule has 0 bridgehead atoms. The van der Waals surface area contributed by atoms with Crippen LogP contribution in [-0.2, 0) is 0 Å². The summed E-state index contributed by atoms with van der Waals surface area (Å²) in [5.74, 6) is 0.397. The number of hydrogen-bond donors (Lipinski definition) is 0. The third kappa shape index (κ3) is 3.07. The number of allylic oxidation sites excluding steroid dienone is 4. The maximum absolute atomic E-state index is 14.9. The fourth-order valence-electron chi connectivity index (χ4n) is 4.35. The molecule has 2 aromatic heterocycles. The number of thioether (sulfide) groups is 1. The number of benzene rings is 2. The lowest BCUT2D eigenvalue weighted by Crippen LogP contribution is -2.16. The summed E-state index contributed by atoms with van der Waals surface area (Å²) in [5, 5.41) is 1.13. The minimum atomic E-state index is -1.09. The second kappa shape index (κ2) is 7.47. The summed E-state index contributed by atoms with van der Waals surface area (Å²) in [6, 6.07) is 19.1. The first-order valence-electron chi connectivity index (χ1n) is 10.3. The van der Waals surface area contributed by atoms with E-state index >= 15 is 0 Å². The molecule has 150 valence electrons. The molecule has 5 heteroatoms. The lowest BCUT2D eigenvalue weighted by atomic mass is 9.89.